The Morgan fingerprint density at radius 2 is 1.68 bits per heavy atom. The summed E-state index contributed by atoms with van der Waals surface area (Å²) in [6, 6.07) is 17.1. The van der Waals surface area contributed by atoms with E-state index in [4.69, 9.17) is 0 Å². The Labute approximate surface area is 186 Å². The lowest BCUT2D eigenvalue weighted by Gasteiger charge is -2.13. The fourth-order valence-corrected chi connectivity index (χ4v) is 4.19. The molecule has 1 aliphatic rings. The fraction of sp³-hybridized carbons (Fsp3) is 0.333. The number of amides is 1. The van der Waals surface area contributed by atoms with Crippen LogP contribution < -0.4 is 5.32 Å². The average molecular weight is 435 g/mol. The fourth-order valence-electron chi connectivity index (χ4n) is 3.23. The monoisotopic (exact) mass is 434 g/mol. The van der Waals surface area contributed by atoms with Crippen molar-refractivity contribution in [3.63, 3.8) is 0 Å². The molecule has 3 aromatic rings. The summed E-state index contributed by atoms with van der Waals surface area (Å²) < 4.78 is 2.08. The molecular formula is C24H26N4O2S. The van der Waals surface area contributed by atoms with E-state index in [0.717, 1.165) is 29.5 Å². The van der Waals surface area contributed by atoms with E-state index in [1.165, 1.54) is 11.8 Å². The second-order valence-corrected chi connectivity index (χ2v) is 9.44. The summed E-state index contributed by atoms with van der Waals surface area (Å²) in [7, 11) is 0. The SMILES string of the molecule is CC(C)C(=O)Nc1ccc(C(=O)[C@H](C)Sc2nnc(C3CC3)n2-c2ccccc2)cc1. The van der Waals surface area contributed by atoms with Crippen LogP contribution >= 0.6 is 11.8 Å². The summed E-state index contributed by atoms with van der Waals surface area (Å²) in [5, 5.41) is 12.1. The highest BCUT2D eigenvalue weighted by Crippen LogP contribution is 2.41. The first-order chi connectivity index (χ1) is 14.9. The topological polar surface area (TPSA) is 76.9 Å². The number of anilines is 1. The lowest BCUT2D eigenvalue weighted by Crippen LogP contribution is -2.18. The predicted molar refractivity (Wildman–Crippen MR) is 123 cm³/mol. The maximum atomic E-state index is 13.0. The molecule has 1 fully saturated rings. The van der Waals surface area contributed by atoms with Gasteiger partial charge in [-0.2, -0.15) is 0 Å². The van der Waals surface area contributed by atoms with Gasteiger partial charge in [0.15, 0.2) is 10.9 Å². The Morgan fingerprint density at radius 1 is 1.00 bits per heavy atom. The molecule has 2 aromatic carbocycles. The molecule has 1 heterocycles. The summed E-state index contributed by atoms with van der Waals surface area (Å²) in [6.45, 7) is 5.58. The van der Waals surface area contributed by atoms with E-state index >= 15 is 0 Å². The molecule has 1 atom stereocenters. The normalized spacial score (nSPS) is 14.5. The van der Waals surface area contributed by atoms with Crippen LogP contribution in [0.25, 0.3) is 5.69 Å². The third kappa shape index (κ3) is 4.88. The van der Waals surface area contributed by atoms with Crippen molar-refractivity contribution < 1.29 is 9.59 Å². The number of aromatic nitrogens is 3. The standard InChI is InChI=1S/C24H26N4O2S/c1-15(2)23(30)25-19-13-11-17(12-14-19)21(29)16(3)31-24-27-26-22(18-9-10-18)28(24)20-7-5-4-6-8-20/h4-8,11-16,18H,9-10H2,1-3H3,(H,25,30)/t16-/m0/s1. The molecule has 4 rings (SSSR count). The number of ketones is 1. The van der Waals surface area contributed by atoms with Gasteiger partial charge >= 0.3 is 0 Å². The van der Waals surface area contributed by atoms with Gasteiger partial charge in [-0.15, -0.1) is 10.2 Å². The van der Waals surface area contributed by atoms with Gasteiger partial charge in [0.1, 0.15) is 5.82 Å². The lowest BCUT2D eigenvalue weighted by molar-refractivity contribution is -0.118. The minimum Gasteiger partial charge on any atom is -0.326 e. The zero-order chi connectivity index (χ0) is 22.0. The number of hydrogen-bond donors (Lipinski definition) is 1. The predicted octanol–water partition coefficient (Wildman–Crippen LogP) is 5.10. The van der Waals surface area contributed by atoms with Crippen LogP contribution in [0.5, 0.6) is 0 Å². The van der Waals surface area contributed by atoms with Crippen molar-refractivity contribution in [1.82, 2.24) is 14.8 Å². The van der Waals surface area contributed by atoms with Crippen molar-refractivity contribution in [3.05, 3.63) is 66.0 Å². The van der Waals surface area contributed by atoms with E-state index in [1.54, 1.807) is 24.3 Å². The van der Waals surface area contributed by atoms with Gasteiger partial charge in [-0.1, -0.05) is 43.8 Å². The Bertz CT molecular complexity index is 1070. The lowest BCUT2D eigenvalue weighted by atomic mass is 10.1. The van der Waals surface area contributed by atoms with Crippen molar-refractivity contribution in [1.29, 1.82) is 0 Å². The number of Topliss-reactive ketones (excluding diaryl/α,β-unsaturated/α-hetero) is 1. The third-order valence-corrected chi connectivity index (χ3v) is 6.27. The molecule has 0 radical (unpaired) electrons. The highest BCUT2D eigenvalue weighted by molar-refractivity contribution is 8.00. The molecule has 1 aromatic heterocycles. The number of thioether (sulfide) groups is 1. The van der Waals surface area contributed by atoms with E-state index in [-0.39, 0.29) is 22.9 Å². The summed E-state index contributed by atoms with van der Waals surface area (Å²) in [5.41, 5.74) is 2.31. The number of benzene rings is 2. The zero-order valence-corrected chi connectivity index (χ0v) is 18.7. The van der Waals surface area contributed by atoms with Crippen LogP contribution in [0, 0.1) is 5.92 Å². The summed E-state index contributed by atoms with van der Waals surface area (Å²) >= 11 is 1.42. The largest absolute Gasteiger partial charge is 0.326 e. The van der Waals surface area contributed by atoms with Gasteiger partial charge in [-0.05, 0) is 56.2 Å². The second kappa shape index (κ2) is 9.06. The maximum Gasteiger partial charge on any atom is 0.226 e. The van der Waals surface area contributed by atoms with E-state index in [9.17, 15) is 9.59 Å². The molecule has 0 aliphatic heterocycles. The van der Waals surface area contributed by atoms with E-state index in [2.05, 4.69) is 20.1 Å². The molecule has 1 saturated carbocycles. The van der Waals surface area contributed by atoms with Crippen LogP contribution in [0.4, 0.5) is 5.69 Å². The first-order valence-corrected chi connectivity index (χ1v) is 11.4. The number of hydrogen-bond acceptors (Lipinski definition) is 5. The summed E-state index contributed by atoms with van der Waals surface area (Å²) in [5.74, 6) is 1.29. The molecule has 31 heavy (non-hydrogen) atoms. The van der Waals surface area contributed by atoms with Gasteiger partial charge < -0.3 is 5.32 Å². The van der Waals surface area contributed by atoms with Crippen LogP contribution in [0.15, 0.2) is 59.8 Å². The molecular weight excluding hydrogens is 408 g/mol. The van der Waals surface area contributed by atoms with Crippen molar-refractivity contribution >= 4 is 29.1 Å². The second-order valence-electron chi connectivity index (χ2n) is 8.13. The number of para-hydroxylation sites is 1. The highest BCUT2D eigenvalue weighted by atomic mass is 32.2. The van der Waals surface area contributed by atoms with Crippen LogP contribution in [0.2, 0.25) is 0 Å². The van der Waals surface area contributed by atoms with E-state index in [0.29, 0.717) is 17.2 Å². The molecule has 0 bridgehead atoms. The molecule has 7 heteroatoms. The van der Waals surface area contributed by atoms with Gasteiger partial charge in [-0.25, -0.2) is 0 Å². The number of nitrogens with one attached hydrogen (secondary N) is 1. The number of carbonyl (C=O) groups excluding carboxylic acids is 2. The van der Waals surface area contributed by atoms with Crippen LogP contribution in [-0.4, -0.2) is 31.7 Å². The Morgan fingerprint density at radius 3 is 2.29 bits per heavy atom. The van der Waals surface area contributed by atoms with E-state index in [1.807, 2.05) is 51.1 Å². The molecule has 0 spiro atoms. The maximum absolute atomic E-state index is 13.0. The Balaban J connectivity index is 1.50. The third-order valence-electron chi connectivity index (χ3n) is 5.23. The molecule has 1 aliphatic carbocycles. The minimum atomic E-state index is -0.324. The average Bonchev–Trinajstić information content (AvgIpc) is 3.54. The van der Waals surface area contributed by atoms with Gasteiger partial charge in [0.25, 0.3) is 0 Å². The molecule has 160 valence electrons. The van der Waals surface area contributed by atoms with Crippen LogP contribution in [0.1, 0.15) is 55.7 Å². The molecule has 1 N–H and O–H groups in total. The number of carbonyl (C=O) groups is 2. The Kier molecular flexibility index (Phi) is 6.23. The van der Waals surface area contributed by atoms with Crippen molar-refractivity contribution in [3.8, 4) is 5.69 Å². The smallest absolute Gasteiger partial charge is 0.226 e. The van der Waals surface area contributed by atoms with Crippen molar-refractivity contribution in [2.75, 3.05) is 5.32 Å². The van der Waals surface area contributed by atoms with Crippen molar-refractivity contribution in [2.24, 2.45) is 5.92 Å². The first kappa shape index (κ1) is 21.3. The quantitative estimate of drug-likeness (QED) is 0.394. The van der Waals surface area contributed by atoms with Gasteiger partial charge in [0, 0.05) is 28.8 Å². The summed E-state index contributed by atoms with van der Waals surface area (Å²) in [4.78, 5) is 24.9. The van der Waals surface area contributed by atoms with Crippen LogP contribution in [0.3, 0.4) is 0 Å². The van der Waals surface area contributed by atoms with Crippen molar-refractivity contribution in [2.45, 2.75) is 49.9 Å². The minimum absolute atomic E-state index is 0.0160. The highest BCUT2D eigenvalue weighted by Gasteiger charge is 2.32. The number of nitrogens with zero attached hydrogens (tertiary/aromatic N) is 3. The van der Waals surface area contributed by atoms with Gasteiger partial charge in [0.05, 0.1) is 5.25 Å². The van der Waals surface area contributed by atoms with Crippen LogP contribution in [-0.2, 0) is 4.79 Å². The summed E-state index contributed by atoms with van der Waals surface area (Å²) in [6.07, 6.45) is 2.26. The molecule has 0 unspecified atom stereocenters. The number of rotatable bonds is 8. The molecule has 0 saturated heterocycles. The van der Waals surface area contributed by atoms with Gasteiger partial charge in [0.2, 0.25) is 5.91 Å². The molecule has 1 amide bonds. The molecule has 6 nitrogen and oxygen atoms in total. The van der Waals surface area contributed by atoms with Gasteiger partial charge in [-0.3, -0.25) is 14.2 Å². The zero-order valence-electron chi connectivity index (χ0n) is 17.9. The first-order valence-electron chi connectivity index (χ1n) is 10.6. The Hall–Kier alpha value is -2.93. The van der Waals surface area contributed by atoms with E-state index < -0.39 is 0 Å².